The van der Waals surface area contributed by atoms with Crippen LogP contribution in [0.5, 0.6) is 11.5 Å². The SMILES string of the molecule is COc1ccc(C(=O)COC(=O)c2ccc([N+](=O)[O-])s2)c(OC)c1. The topological polar surface area (TPSA) is 105 Å². The van der Waals surface area contributed by atoms with Crippen LogP contribution in [0.1, 0.15) is 20.0 Å². The number of hydrogen-bond donors (Lipinski definition) is 0. The molecule has 1 aromatic heterocycles. The molecule has 1 aromatic carbocycles. The van der Waals surface area contributed by atoms with Gasteiger partial charge in [0.05, 0.1) is 24.7 Å². The van der Waals surface area contributed by atoms with Crippen LogP contribution in [0.4, 0.5) is 5.00 Å². The first-order chi connectivity index (χ1) is 11.5. The molecule has 0 aliphatic rings. The lowest BCUT2D eigenvalue weighted by atomic mass is 10.1. The fourth-order valence-corrected chi connectivity index (χ4v) is 2.56. The molecule has 0 aliphatic heterocycles. The Balaban J connectivity index is 2.04. The van der Waals surface area contributed by atoms with Crippen molar-refractivity contribution >= 4 is 28.1 Å². The molecule has 0 radical (unpaired) electrons. The average Bonchev–Trinajstić information content (AvgIpc) is 3.09. The van der Waals surface area contributed by atoms with Gasteiger partial charge in [0, 0.05) is 12.1 Å². The number of benzene rings is 1. The molecule has 0 fully saturated rings. The molecule has 0 saturated carbocycles. The van der Waals surface area contributed by atoms with E-state index in [0.29, 0.717) is 22.8 Å². The van der Waals surface area contributed by atoms with Crippen molar-refractivity contribution in [2.75, 3.05) is 20.8 Å². The molecule has 0 spiro atoms. The number of methoxy groups -OCH3 is 2. The molecule has 8 nitrogen and oxygen atoms in total. The van der Waals surface area contributed by atoms with E-state index in [9.17, 15) is 19.7 Å². The predicted molar refractivity (Wildman–Crippen MR) is 85.1 cm³/mol. The minimum Gasteiger partial charge on any atom is -0.497 e. The van der Waals surface area contributed by atoms with Gasteiger partial charge in [0.1, 0.15) is 16.4 Å². The zero-order valence-corrected chi connectivity index (χ0v) is 13.6. The second-order valence-electron chi connectivity index (χ2n) is 4.46. The Morgan fingerprint density at radius 2 is 1.92 bits per heavy atom. The first-order valence-electron chi connectivity index (χ1n) is 6.63. The van der Waals surface area contributed by atoms with Crippen molar-refractivity contribution in [2.45, 2.75) is 0 Å². The third-order valence-electron chi connectivity index (χ3n) is 3.02. The fraction of sp³-hybridized carbons (Fsp3) is 0.200. The van der Waals surface area contributed by atoms with Gasteiger partial charge in [-0.3, -0.25) is 14.9 Å². The van der Waals surface area contributed by atoms with Gasteiger partial charge in [-0.05, 0) is 18.2 Å². The van der Waals surface area contributed by atoms with Gasteiger partial charge >= 0.3 is 11.0 Å². The lowest BCUT2D eigenvalue weighted by Crippen LogP contribution is -2.14. The lowest BCUT2D eigenvalue weighted by Gasteiger charge is -2.09. The Bertz CT molecular complexity index is 784. The van der Waals surface area contributed by atoms with Crippen molar-refractivity contribution < 1.29 is 28.7 Å². The summed E-state index contributed by atoms with van der Waals surface area (Å²) in [6.07, 6.45) is 0. The standard InChI is InChI=1S/C15H13NO7S/c1-21-9-3-4-10(12(7-9)22-2)11(17)8-23-15(18)13-5-6-14(24-13)16(19)20/h3-7H,8H2,1-2H3. The van der Waals surface area contributed by atoms with Gasteiger partial charge < -0.3 is 14.2 Å². The number of hydrogen-bond acceptors (Lipinski definition) is 8. The largest absolute Gasteiger partial charge is 0.497 e. The molecule has 2 rings (SSSR count). The molecule has 0 unspecified atom stereocenters. The molecule has 9 heteroatoms. The second kappa shape index (κ2) is 7.55. The maximum Gasteiger partial charge on any atom is 0.349 e. The Hall–Kier alpha value is -2.94. The van der Waals surface area contributed by atoms with E-state index < -0.39 is 23.3 Å². The van der Waals surface area contributed by atoms with Crippen LogP contribution in [0.2, 0.25) is 0 Å². The summed E-state index contributed by atoms with van der Waals surface area (Å²) in [6, 6.07) is 7.11. The van der Waals surface area contributed by atoms with Gasteiger partial charge in [-0.25, -0.2) is 4.79 Å². The van der Waals surface area contributed by atoms with Gasteiger partial charge in [0.2, 0.25) is 5.78 Å². The number of thiophene rings is 1. The summed E-state index contributed by atoms with van der Waals surface area (Å²) in [4.78, 5) is 34.0. The molecule has 0 amide bonds. The minimum atomic E-state index is -0.797. The van der Waals surface area contributed by atoms with Crippen LogP contribution < -0.4 is 9.47 Å². The summed E-state index contributed by atoms with van der Waals surface area (Å²) in [5.41, 5.74) is 0.239. The minimum absolute atomic E-state index is 0.0520. The van der Waals surface area contributed by atoms with E-state index in [2.05, 4.69) is 0 Å². The van der Waals surface area contributed by atoms with Crippen LogP contribution in [0, 0.1) is 10.1 Å². The van der Waals surface area contributed by atoms with Crippen LogP contribution in [0.15, 0.2) is 30.3 Å². The van der Waals surface area contributed by atoms with Gasteiger partial charge in [0.15, 0.2) is 6.61 Å². The van der Waals surface area contributed by atoms with E-state index in [4.69, 9.17) is 14.2 Å². The number of nitrogens with zero attached hydrogens (tertiary/aromatic N) is 1. The quantitative estimate of drug-likeness (QED) is 0.327. The van der Waals surface area contributed by atoms with Gasteiger partial charge in [-0.1, -0.05) is 11.3 Å². The molecule has 24 heavy (non-hydrogen) atoms. The van der Waals surface area contributed by atoms with Gasteiger partial charge in [-0.2, -0.15) is 0 Å². The van der Waals surface area contributed by atoms with Crippen molar-refractivity contribution in [3.05, 3.63) is 50.9 Å². The highest BCUT2D eigenvalue weighted by Crippen LogP contribution is 2.26. The van der Waals surface area contributed by atoms with Crippen LogP contribution in [0.25, 0.3) is 0 Å². The van der Waals surface area contributed by atoms with Gasteiger partial charge in [-0.15, -0.1) is 0 Å². The number of Topliss-reactive ketones (excluding diaryl/α,β-unsaturated/α-hetero) is 1. The summed E-state index contributed by atoms with van der Waals surface area (Å²) in [5, 5.41) is 10.4. The van der Waals surface area contributed by atoms with E-state index in [1.165, 1.54) is 38.5 Å². The molecule has 0 atom stereocenters. The molecule has 0 N–H and O–H groups in total. The number of nitro groups is 1. The van der Waals surface area contributed by atoms with Crippen molar-refractivity contribution in [1.82, 2.24) is 0 Å². The van der Waals surface area contributed by atoms with Crippen molar-refractivity contribution in [3.63, 3.8) is 0 Å². The normalized spacial score (nSPS) is 10.1. The number of carbonyl (C=O) groups excluding carboxylic acids is 2. The van der Waals surface area contributed by atoms with Crippen molar-refractivity contribution in [3.8, 4) is 11.5 Å². The number of ketones is 1. The summed E-state index contributed by atoms with van der Waals surface area (Å²) in [6.45, 7) is -0.507. The summed E-state index contributed by atoms with van der Waals surface area (Å²) in [7, 11) is 2.89. The highest BCUT2D eigenvalue weighted by atomic mass is 32.1. The molecule has 1 heterocycles. The van der Waals surface area contributed by atoms with E-state index in [0.717, 1.165) is 0 Å². The number of carbonyl (C=O) groups is 2. The monoisotopic (exact) mass is 351 g/mol. The molecule has 126 valence electrons. The average molecular weight is 351 g/mol. The predicted octanol–water partition coefficient (Wildman–Crippen LogP) is 2.71. The Morgan fingerprint density at radius 3 is 2.50 bits per heavy atom. The maximum atomic E-state index is 12.2. The van der Waals surface area contributed by atoms with Crippen molar-refractivity contribution in [2.24, 2.45) is 0 Å². The zero-order chi connectivity index (χ0) is 17.7. The lowest BCUT2D eigenvalue weighted by molar-refractivity contribution is -0.380. The first kappa shape index (κ1) is 17.4. The molecule has 0 aliphatic carbocycles. The molecular formula is C15H13NO7S. The van der Waals surface area contributed by atoms with E-state index in [1.54, 1.807) is 6.07 Å². The van der Waals surface area contributed by atoms with E-state index in [1.807, 2.05) is 0 Å². The highest BCUT2D eigenvalue weighted by molar-refractivity contribution is 7.17. The summed E-state index contributed by atoms with van der Waals surface area (Å²) in [5.74, 6) is -0.448. The number of ether oxygens (including phenoxy) is 3. The van der Waals surface area contributed by atoms with E-state index in [-0.39, 0.29) is 15.4 Å². The van der Waals surface area contributed by atoms with Crippen LogP contribution in [-0.4, -0.2) is 37.5 Å². The molecule has 2 aromatic rings. The Kier molecular flexibility index (Phi) is 5.48. The Labute approximate surface area is 140 Å². The first-order valence-corrected chi connectivity index (χ1v) is 7.44. The van der Waals surface area contributed by atoms with Crippen LogP contribution in [0.3, 0.4) is 0 Å². The molecule has 0 saturated heterocycles. The smallest absolute Gasteiger partial charge is 0.349 e. The third kappa shape index (κ3) is 3.87. The zero-order valence-electron chi connectivity index (χ0n) is 12.8. The summed E-state index contributed by atoms with van der Waals surface area (Å²) < 4.78 is 15.1. The third-order valence-corrected chi connectivity index (χ3v) is 4.03. The number of rotatable bonds is 7. The number of esters is 1. The maximum absolute atomic E-state index is 12.2. The van der Waals surface area contributed by atoms with Crippen molar-refractivity contribution in [1.29, 1.82) is 0 Å². The molecule has 0 bridgehead atoms. The Morgan fingerprint density at radius 1 is 1.17 bits per heavy atom. The second-order valence-corrected chi connectivity index (χ2v) is 5.52. The molecular weight excluding hydrogens is 338 g/mol. The van der Waals surface area contributed by atoms with Gasteiger partial charge in [0.25, 0.3) is 0 Å². The van der Waals surface area contributed by atoms with Crippen LogP contribution in [-0.2, 0) is 4.74 Å². The van der Waals surface area contributed by atoms with Crippen LogP contribution >= 0.6 is 11.3 Å². The summed E-state index contributed by atoms with van der Waals surface area (Å²) >= 11 is 0.683. The fourth-order valence-electron chi connectivity index (χ4n) is 1.84. The van der Waals surface area contributed by atoms with E-state index >= 15 is 0 Å². The highest BCUT2D eigenvalue weighted by Gasteiger charge is 2.19.